The minimum atomic E-state index is 1.07. The van der Waals surface area contributed by atoms with Gasteiger partial charge in [0, 0.05) is 0 Å². The lowest BCUT2D eigenvalue weighted by Crippen LogP contribution is -1.91. The van der Waals surface area contributed by atoms with Gasteiger partial charge in [0.25, 0.3) is 0 Å². The molecular formula is C10H18. The highest BCUT2D eigenvalue weighted by molar-refractivity contribution is 4.71. The Kier molecular flexibility index (Phi) is 3.56. The summed E-state index contributed by atoms with van der Waals surface area (Å²) >= 11 is 0. The molecule has 0 unspecified atom stereocenters. The summed E-state index contributed by atoms with van der Waals surface area (Å²) in [6, 6.07) is 0. The van der Waals surface area contributed by atoms with Gasteiger partial charge in [0.1, 0.15) is 0 Å². The molecule has 0 atom stereocenters. The number of hydrogen-bond acceptors (Lipinski definition) is 0. The van der Waals surface area contributed by atoms with Crippen LogP contribution in [0.5, 0.6) is 0 Å². The van der Waals surface area contributed by atoms with Crippen LogP contribution < -0.4 is 0 Å². The molecule has 0 nitrogen and oxygen atoms in total. The van der Waals surface area contributed by atoms with Gasteiger partial charge in [-0.1, -0.05) is 38.2 Å². The van der Waals surface area contributed by atoms with Crippen LogP contribution in [0.4, 0.5) is 0 Å². The summed E-state index contributed by atoms with van der Waals surface area (Å²) in [7, 11) is 0. The lowest BCUT2D eigenvalue weighted by atomic mass is 10.0. The summed E-state index contributed by atoms with van der Waals surface area (Å²) in [6.45, 7) is 3.72. The Balaban J connectivity index is 1.96. The van der Waals surface area contributed by atoms with Crippen molar-refractivity contribution >= 4 is 0 Å². The van der Waals surface area contributed by atoms with Crippen molar-refractivity contribution in [2.24, 2.45) is 5.92 Å². The van der Waals surface area contributed by atoms with Crippen molar-refractivity contribution in [3.8, 4) is 0 Å². The zero-order valence-electron chi connectivity index (χ0n) is 6.81. The summed E-state index contributed by atoms with van der Waals surface area (Å²) in [6.07, 6.45) is 12.0. The zero-order chi connectivity index (χ0) is 7.23. The first kappa shape index (κ1) is 7.84. The molecule has 0 radical (unpaired) electrons. The normalized spacial score (nSPS) is 19.6. The van der Waals surface area contributed by atoms with Gasteiger partial charge in [0.2, 0.25) is 0 Å². The summed E-state index contributed by atoms with van der Waals surface area (Å²) in [5.74, 6) is 1.07. The summed E-state index contributed by atoms with van der Waals surface area (Å²) < 4.78 is 0. The van der Waals surface area contributed by atoms with Gasteiger partial charge in [-0.25, -0.2) is 0 Å². The van der Waals surface area contributed by atoms with Crippen LogP contribution in [0, 0.1) is 5.92 Å². The summed E-state index contributed by atoms with van der Waals surface area (Å²) in [5, 5.41) is 0. The fraction of sp³-hybridized carbons (Fsp3) is 0.800. The van der Waals surface area contributed by atoms with Crippen LogP contribution in [0.15, 0.2) is 12.7 Å². The predicted octanol–water partition coefficient (Wildman–Crippen LogP) is 3.53. The van der Waals surface area contributed by atoms with E-state index in [4.69, 9.17) is 0 Å². The smallest absolute Gasteiger partial charge is 0.0353 e. The topological polar surface area (TPSA) is 0 Å². The third kappa shape index (κ3) is 2.55. The van der Waals surface area contributed by atoms with Crippen molar-refractivity contribution in [1.82, 2.24) is 0 Å². The maximum absolute atomic E-state index is 3.72. The molecule has 0 aromatic rings. The SMILES string of the molecule is C=CCCCC1CCCC1. The maximum Gasteiger partial charge on any atom is -0.0353 e. The quantitative estimate of drug-likeness (QED) is 0.412. The van der Waals surface area contributed by atoms with Gasteiger partial charge in [0.15, 0.2) is 0 Å². The Morgan fingerprint density at radius 3 is 2.60 bits per heavy atom. The van der Waals surface area contributed by atoms with E-state index in [0.29, 0.717) is 0 Å². The second kappa shape index (κ2) is 4.54. The highest BCUT2D eigenvalue weighted by Crippen LogP contribution is 2.28. The van der Waals surface area contributed by atoms with Crippen LogP contribution in [0.3, 0.4) is 0 Å². The molecule has 0 N–H and O–H groups in total. The fourth-order valence-corrected chi connectivity index (χ4v) is 1.85. The third-order valence-corrected chi connectivity index (χ3v) is 2.50. The van der Waals surface area contributed by atoms with Gasteiger partial charge in [-0.3, -0.25) is 0 Å². The van der Waals surface area contributed by atoms with Crippen LogP contribution in [0.1, 0.15) is 44.9 Å². The summed E-state index contributed by atoms with van der Waals surface area (Å²) in [5.41, 5.74) is 0. The molecule has 1 aliphatic rings. The van der Waals surface area contributed by atoms with Crippen molar-refractivity contribution < 1.29 is 0 Å². The van der Waals surface area contributed by atoms with E-state index in [2.05, 4.69) is 6.58 Å². The van der Waals surface area contributed by atoms with E-state index in [0.717, 1.165) is 5.92 Å². The molecule has 0 heteroatoms. The lowest BCUT2D eigenvalue weighted by Gasteiger charge is -2.05. The molecule has 0 amide bonds. The molecule has 58 valence electrons. The van der Waals surface area contributed by atoms with Gasteiger partial charge in [0.05, 0.1) is 0 Å². The molecule has 0 bridgehead atoms. The van der Waals surface area contributed by atoms with E-state index in [1.54, 1.807) is 0 Å². The Morgan fingerprint density at radius 2 is 2.00 bits per heavy atom. The molecule has 10 heavy (non-hydrogen) atoms. The average molecular weight is 138 g/mol. The zero-order valence-corrected chi connectivity index (χ0v) is 6.81. The largest absolute Gasteiger partial charge is 0.103 e. The van der Waals surface area contributed by atoms with E-state index in [9.17, 15) is 0 Å². The first-order valence-electron chi connectivity index (χ1n) is 4.54. The van der Waals surface area contributed by atoms with Gasteiger partial charge in [-0.05, 0) is 18.8 Å². The third-order valence-electron chi connectivity index (χ3n) is 2.50. The van der Waals surface area contributed by atoms with Crippen molar-refractivity contribution in [1.29, 1.82) is 0 Å². The Bertz CT molecular complexity index is 88.2. The van der Waals surface area contributed by atoms with Crippen LogP contribution in [-0.4, -0.2) is 0 Å². The minimum Gasteiger partial charge on any atom is -0.103 e. The second-order valence-corrected chi connectivity index (χ2v) is 3.37. The molecule has 1 rings (SSSR count). The average Bonchev–Trinajstić information content (AvgIpc) is 2.41. The molecule has 0 saturated heterocycles. The molecular weight excluding hydrogens is 120 g/mol. The van der Waals surface area contributed by atoms with E-state index >= 15 is 0 Å². The van der Waals surface area contributed by atoms with Crippen LogP contribution in [0.25, 0.3) is 0 Å². The number of rotatable bonds is 4. The highest BCUT2D eigenvalue weighted by atomic mass is 14.2. The van der Waals surface area contributed by atoms with Crippen LogP contribution in [0.2, 0.25) is 0 Å². The van der Waals surface area contributed by atoms with Crippen molar-refractivity contribution in [3.63, 3.8) is 0 Å². The van der Waals surface area contributed by atoms with Gasteiger partial charge in [-0.2, -0.15) is 0 Å². The van der Waals surface area contributed by atoms with Gasteiger partial charge in [-0.15, -0.1) is 6.58 Å². The van der Waals surface area contributed by atoms with Crippen molar-refractivity contribution in [2.45, 2.75) is 44.9 Å². The van der Waals surface area contributed by atoms with E-state index in [1.165, 1.54) is 44.9 Å². The molecule has 1 aliphatic carbocycles. The van der Waals surface area contributed by atoms with Crippen molar-refractivity contribution in [3.05, 3.63) is 12.7 Å². The first-order chi connectivity index (χ1) is 4.93. The van der Waals surface area contributed by atoms with Gasteiger partial charge < -0.3 is 0 Å². The van der Waals surface area contributed by atoms with E-state index < -0.39 is 0 Å². The highest BCUT2D eigenvalue weighted by Gasteiger charge is 2.13. The van der Waals surface area contributed by atoms with Crippen LogP contribution >= 0.6 is 0 Å². The first-order valence-corrected chi connectivity index (χ1v) is 4.54. The van der Waals surface area contributed by atoms with Crippen molar-refractivity contribution in [2.75, 3.05) is 0 Å². The monoisotopic (exact) mass is 138 g/mol. The Hall–Kier alpha value is -0.260. The number of allylic oxidation sites excluding steroid dienone is 1. The Labute approximate surface area is 64.3 Å². The molecule has 1 fully saturated rings. The van der Waals surface area contributed by atoms with Gasteiger partial charge >= 0.3 is 0 Å². The summed E-state index contributed by atoms with van der Waals surface area (Å²) in [4.78, 5) is 0. The molecule has 0 aliphatic heterocycles. The Morgan fingerprint density at radius 1 is 1.30 bits per heavy atom. The molecule has 0 spiro atoms. The maximum atomic E-state index is 3.72. The molecule has 0 heterocycles. The fourth-order valence-electron chi connectivity index (χ4n) is 1.85. The lowest BCUT2D eigenvalue weighted by molar-refractivity contribution is 0.486. The van der Waals surface area contributed by atoms with Crippen LogP contribution in [-0.2, 0) is 0 Å². The van der Waals surface area contributed by atoms with E-state index in [1.807, 2.05) is 6.08 Å². The van der Waals surface area contributed by atoms with E-state index in [-0.39, 0.29) is 0 Å². The minimum absolute atomic E-state index is 1.07. The number of unbranched alkanes of at least 4 members (excludes halogenated alkanes) is 1. The number of hydrogen-bond donors (Lipinski definition) is 0. The predicted molar refractivity (Wildman–Crippen MR) is 46.0 cm³/mol. The molecule has 1 saturated carbocycles. The second-order valence-electron chi connectivity index (χ2n) is 3.37. The molecule has 0 aromatic carbocycles. The molecule has 0 aromatic heterocycles. The standard InChI is InChI=1S/C10H18/c1-2-3-4-7-10-8-5-6-9-10/h2,10H,1,3-9H2.